The largest absolute Gasteiger partial charge is 0.323 e. The summed E-state index contributed by atoms with van der Waals surface area (Å²) >= 11 is 12.6. The molecule has 1 aliphatic rings. The highest BCUT2D eigenvalue weighted by molar-refractivity contribution is 6.34. The third-order valence-corrected chi connectivity index (χ3v) is 6.94. The number of benzene rings is 1. The van der Waals surface area contributed by atoms with Gasteiger partial charge in [0.15, 0.2) is 5.78 Å². The van der Waals surface area contributed by atoms with Gasteiger partial charge in [-0.3, -0.25) is 19.4 Å². The van der Waals surface area contributed by atoms with Gasteiger partial charge in [-0.25, -0.2) is 9.97 Å². The number of nitrogens with zero attached hydrogens (tertiary/aromatic N) is 4. The molecule has 0 spiro atoms. The number of amides is 2. The zero-order valence-electron chi connectivity index (χ0n) is 20.9. The van der Waals surface area contributed by atoms with Crippen LogP contribution in [-0.4, -0.2) is 43.5 Å². The predicted molar refractivity (Wildman–Crippen MR) is 148 cm³/mol. The molecular weight excluding hydrogens is 537 g/mol. The number of rotatable bonds is 6. The predicted octanol–water partition coefficient (Wildman–Crippen LogP) is 5.12. The third kappa shape index (κ3) is 5.97. The van der Waals surface area contributed by atoms with Gasteiger partial charge in [0.05, 0.1) is 21.7 Å². The lowest BCUT2D eigenvalue weighted by atomic mass is 10.00. The van der Waals surface area contributed by atoms with Crippen molar-refractivity contribution in [2.75, 3.05) is 5.32 Å². The average molecular weight is 560 g/mol. The minimum Gasteiger partial charge on any atom is -0.323 e. The van der Waals surface area contributed by atoms with Crippen LogP contribution < -0.4 is 5.32 Å². The standard InChI is InChI=1S/C29H23Cl2N5O3/c1-17-5-8-26(33-14-17)35-28(38)22-7-6-18(10-23(22)31)16-36-24(13-21-4-2-3-9-32-21)25(37)12-19-11-20(30)15-34-27(19)29(36)39/h2-11,14-15,24H,12-13,16H2,1H3,(H,33,35,38). The number of ketones is 1. The first kappa shape index (κ1) is 26.5. The normalized spacial score (nSPS) is 15.1. The van der Waals surface area contributed by atoms with E-state index in [0.29, 0.717) is 27.7 Å². The lowest BCUT2D eigenvalue weighted by Crippen LogP contribution is -2.45. The van der Waals surface area contributed by atoms with Gasteiger partial charge in [0.25, 0.3) is 11.8 Å². The smallest absolute Gasteiger partial charge is 0.273 e. The van der Waals surface area contributed by atoms with E-state index >= 15 is 0 Å². The Morgan fingerprint density at radius 1 is 1.03 bits per heavy atom. The number of anilines is 1. The number of nitrogens with one attached hydrogen (secondary N) is 1. The van der Waals surface area contributed by atoms with Crippen molar-refractivity contribution in [2.24, 2.45) is 0 Å². The van der Waals surface area contributed by atoms with Crippen LogP contribution in [-0.2, 0) is 24.2 Å². The van der Waals surface area contributed by atoms with Crippen molar-refractivity contribution in [3.63, 3.8) is 0 Å². The number of halogens is 2. The van der Waals surface area contributed by atoms with Crippen LogP contribution >= 0.6 is 23.2 Å². The van der Waals surface area contributed by atoms with E-state index in [1.54, 1.807) is 48.8 Å². The Bertz CT molecular complexity index is 1560. The van der Waals surface area contributed by atoms with Crippen LogP contribution in [0.15, 0.2) is 73.2 Å². The van der Waals surface area contributed by atoms with E-state index in [9.17, 15) is 14.4 Å². The summed E-state index contributed by atoms with van der Waals surface area (Å²) < 4.78 is 0. The van der Waals surface area contributed by atoms with E-state index in [-0.39, 0.29) is 41.4 Å². The molecule has 10 heteroatoms. The molecule has 5 rings (SSSR count). The second kappa shape index (κ2) is 11.3. The fourth-order valence-electron chi connectivity index (χ4n) is 4.45. The molecule has 1 aromatic carbocycles. The summed E-state index contributed by atoms with van der Waals surface area (Å²) in [6.45, 7) is 1.98. The van der Waals surface area contributed by atoms with Crippen LogP contribution in [0.5, 0.6) is 0 Å². The maximum absolute atomic E-state index is 13.7. The minimum atomic E-state index is -0.783. The third-order valence-electron chi connectivity index (χ3n) is 6.42. The van der Waals surface area contributed by atoms with Crippen LogP contribution in [0.1, 0.15) is 43.2 Å². The van der Waals surface area contributed by atoms with Gasteiger partial charge in [-0.05, 0) is 60.0 Å². The molecule has 0 bridgehead atoms. The lowest BCUT2D eigenvalue weighted by Gasteiger charge is -2.29. The Morgan fingerprint density at radius 3 is 2.59 bits per heavy atom. The highest BCUT2D eigenvalue weighted by Crippen LogP contribution is 2.27. The number of aromatic nitrogens is 3. The maximum Gasteiger partial charge on any atom is 0.273 e. The van der Waals surface area contributed by atoms with Crippen molar-refractivity contribution >= 4 is 46.6 Å². The van der Waals surface area contributed by atoms with E-state index < -0.39 is 17.9 Å². The average Bonchev–Trinajstić information content (AvgIpc) is 3.00. The van der Waals surface area contributed by atoms with Gasteiger partial charge in [-0.2, -0.15) is 0 Å². The van der Waals surface area contributed by atoms with Crippen molar-refractivity contribution in [2.45, 2.75) is 32.4 Å². The molecule has 0 radical (unpaired) electrons. The lowest BCUT2D eigenvalue weighted by molar-refractivity contribution is -0.122. The first-order chi connectivity index (χ1) is 18.8. The number of Topliss-reactive ketones (excluding diaryl/α,β-unsaturated/α-hetero) is 1. The zero-order valence-corrected chi connectivity index (χ0v) is 22.4. The number of hydrogen-bond donors (Lipinski definition) is 1. The molecule has 8 nitrogen and oxygen atoms in total. The van der Waals surface area contributed by atoms with Crippen molar-refractivity contribution < 1.29 is 14.4 Å². The Kier molecular flexibility index (Phi) is 7.67. The van der Waals surface area contributed by atoms with Crippen LogP contribution in [0.25, 0.3) is 0 Å². The van der Waals surface area contributed by atoms with Gasteiger partial charge in [0.1, 0.15) is 11.5 Å². The second-order valence-electron chi connectivity index (χ2n) is 9.27. The molecule has 0 fully saturated rings. The molecule has 0 aliphatic carbocycles. The molecule has 1 unspecified atom stereocenters. The highest BCUT2D eigenvalue weighted by Gasteiger charge is 2.36. The molecule has 1 atom stereocenters. The molecule has 39 heavy (non-hydrogen) atoms. The van der Waals surface area contributed by atoms with Crippen molar-refractivity contribution in [1.29, 1.82) is 0 Å². The molecule has 2 amide bonds. The maximum atomic E-state index is 13.7. The summed E-state index contributed by atoms with van der Waals surface area (Å²) in [7, 11) is 0. The van der Waals surface area contributed by atoms with E-state index in [4.69, 9.17) is 23.2 Å². The van der Waals surface area contributed by atoms with Gasteiger partial charge < -0.3 is 10.2 Å². The minimum absolute atomic E-state index is 0.0234. The number of aryl methyl sites for hydroxylation is 1. The number of pyridine rings is 3. The van der Waals surface area contributed by atoms with E-state index in [2.05, 4.69) is 20.3 Å². The van der Waals surface area contributed by atoms with Gasteiger partial charge in [-0.15, -0.1) is 0 Å². The summed E-state index contributed by atoms with van der Waals surface area (Å²) in [4.78, 5) is 54.3. The molecule has 4 aromatic rings. The number of hydrogen-bond acceptors (Lipinski definition) is 6. The summed E-state index contributed by atoms with van der Waals surface area (Å²) in [5.41, 5.74) is 3.23. The first-order valence-electron chi connectivity index (χ1n) is 12.2. The van der Waals surface area contributed by atoms with E-state index in [1.165, 1.54) is 11.1 Å². The van der Waals surface area contributed by atoms with Crippen LogP contribution in [0, 0.1) is 6.92 Å². The van der Waals surface area contributed by atoms with Crippen molar-refractivity contribution in [3.05, 3.63) is 117 Å². The molecular formula is C29H23Cl2N5O3. The van der Waals surface area contributed by atoms with Crippen LogP contribution in [0.3, 0.4) is 0 Å². The topological polar surface area (TPSA) is 105 Å². The Balaban J connectivity index is 1.44. The first-order valence-corrected chi connectivity index (χ1v) is 12.9. The van der Waals surface area contributed by atoms with Gasteiger partial charge >= 0.3 is 0 Å². The summed E-state index contributed by atoms with van der Waals surface area (Å²) in [5.74, 6) is -0.545. The van der Waals surface area contributed by atoms with Crippen LogP contribution in [0.4, 0.5) is 5.82 Å². The molecule has 4 heterocycles. The fraction of sp³-hybridized carbons (Fsp3) is 0.172. The summed E-state index contributed by atoms with van der Waals surface area (Å²) in [6.07, 6.45) is 4.96. The monoisotopic (exact) mass is 559 g/mol. The van der Waals surface area contributed by atoms with Crippen molar-refractivity contribution in [3.8, 4) is 0 Å². The van der Waals surface area contributed by atoms with E-state index in [0.717, 1.165) is 5.56 Å². The summed E-state index contributed by atoms with van der Waals surface area (Å²) in [5, 5.41) is 3.29. The second-order valence-corrected chi connectivity index (χ2v) is 10.1. The van der Waals surface area contributed by atoms with Gasteiger partial charge in [0.2, 0.25) is 0 Å². The molecule has 1 N–H and O–H groups in total. The Hall–Kier alpha value is -4.14. The molecule has 3 aromatic heterocycles. The molecule has 196 valence electrons. The summed E-state index contributed by atoms with van der Waals surface area (Å²) in [6, 6.07) is 14.7. The molecule has 0 saturated heterocycles. The Morgan fingerprint density at radius 2 is 1.87 bits per heavy atom. The number of fused-ring (bicyclic) bond motifs is 1. The number of carbonyl (C=O) groups excluding carboxylic acids is 3. The van der Waals surface area contributed by atoms with Crippen LogP contribution in [0.2, 0.25) is 10.0 Å². The number of carbonyl (C=O) groups is 3. The molecule has 0 saturated carbocycles. The highest BCUT2D eigenvalue weighted by atomic mass is 35.5. The quantitative estimate of drug-likeness (QED) is 0.351. The zero-order chi connectivity index (χ0) is 27.5. The fourth-order valence-corrected chi connectivity index (χ4v) is 4.92. The Labute approximate surface area is 235 Å². The van der Waals surface area contributed by atoms with Gasteiger partial charge in [-0.1, -0.05) is 41.4 Å². The SMILES string of the molecule is Cc1ccc(NC(=O)c2ccc(CN3C(=O)c4ncc(Cl)cc4CC(=O)C3Cc3ccccn3)cc2Cl)nc1. The van der Waals surface area contributed by atoms with Crippen molar-refractivity contribution in [1.82, 2.24) is 19.9 Å². The van der Waals surface area contributed by atoms with E-state index in [1.807, 2.05) is 25.1 Å². The molecule has 1 aliphatic heterocycles. The van der Waals surface area contributed by atoms with Gasteiger partial charge in [0, 0.05) is 43.7 Å².